The molecule has 0 bridgehead atoms. The Balaban J connectivity index is 1.69. The first-order valence-corrected chi connectivity index (χ1v) is 8.41. The number of hydrogen-bond donors (Lipinski definition) is 1. The molecule has 0 aliphatic rings. The van der Waals surface area contributed by atoms with E-state index in [0.717, 1.165) is 5.56 Å². The van der Waals surface area contributed by atoms with E-state index in [0.29, 0.717) is 16.9 Å². The molecule has 0 aromatic heterocycles. The summed E-state index contributed by atoms with van der Waals surface area (Å²) in [6, 6.07) is 22.8. The SMILES string of the molecule is O=C(NCc1ccccc1[N+](=O)[O-])c1ccccc1COc1ccccc1. The van der Waals surface area contributed by atoms with Gasteiger partial charge in [-0.25, -0.2) is 0 Å². The molecule has 0 heterocycles. The Morgan fingerprint density at radius 1 is 0.889 bits per heavy atom. The first-order chi connectivity index (χ1) is 13.1. The fraction of sp³-hybridized carbons (Fsp3) is 0.0952. The summed E-state index contributed by atoms with van der Waals surface area (Å²) in [6.45, 7) is 0.322. The van der Waals surface area contributed by atoms with Crippen LogP contribution in [0.25, 0.3) is 0 Å². The zero-order valence-electron chi connectivity index (χ0n) is 14.5. The molecule has 0 atom stereocenters. The third-order valence-electron chi connectivity index (χ3n) is 4.03. The van der Waals surface area contributed by atoms with Crippen LogP contribution in [0.4, 0.5) is 5.69 Å². The highest BCUT2D eigenvalue weighted by molar-refractivity contribution is 5.95. The van der Waals surface area contributed by atoms with Crippen LogP contribution < -0.4 is 10.1 Å². The van der Waals surface area contributed by atoms with Crippen LogP contribution in [0.2, 0.25) is 0 Å². The Bertz CT molecular complexity index is 942. The van der Waals surface area contributed by atoms with Crippen molar-refractivity contribution in [2.24, 2.45) is 0 Å². The van der Waals surface area contributed by atoms with Crippen molar-refractivity contribution in [2.45, 2.75) is 13.2 Å². The van der Waals surface area contributed by atoms with Gasteiger partial charge in [-0.3, -0.25) is 14.9 Å². The van der Waals surface area contributed by atoms with E-state index >= 15 is 0 Å². The molecule has 0 saturated heterocycles. The minimum absolute atomic E-state index is 0.0153. The van der Waals surface area contributed by atoms with Crippen LogP contribution >= 0.6 is 0 Å². The molecule has 0 aliphatic carbocycles. The Hall–Kier alpha value is -3.67. The van der Waals surface area contributed by atoms with Crippen LogP contribution in [0, 0.1) is 10.1 Å². The molecule has 6 nitrogen and oxygen atoms in total. The second-order valence-electron chi connectivity index (χ2n) is 5.83. The summed E-state index contributed by atoms with van der Waals surface area (Å²) in [7, 11) is 0. The largest absolute Gasteiger partial charge is 0.489 e. The van der Waals surface area contributed by atoms with Gasteiger partial charge in [0.05, 0.1) is 4.92 Å². The van der Waals surface area contributed by atoms with E-state index in [2.05, 4.69) is 5.32 Å². The molecule has 0 radical (unpaired) electrons. The standard InChI is InChI=1S/C21H18N2O4/c24-21(22-14-16-8-5-7-13-20(16)23(25)26)19-12-6-4-9-17(19)15-27-18-10-2-1-3-11-18/h1-13H,14-15H2,(H,22,24). The number of rotatable bonds is 7. The van der Waals surface area contributed by atoms with Gasteiger partial charge in [0.1, 0.15) is 12.4 Å². The zero-order valence-corrected chi connectivity index (χ0v) is 14.5. The van der Waals surface area contributed by atoms with E-state index in [1.807, 2.05) is 42.5 Å². The Morgan fingerprint density at radius 2 is 1.52 bits per heavy atom. The molecular formula is C21H18N2O4. The van der Waals surface area contributed by atoms with Gasteiger partial charge < -0.3 is 10.1 Å². The second kappa shape index (κ2) is 8.62. The predicted molar refractivity (Wildman–Crippen MR) is 101 cm³/mol. The van der Waals surface area contributed by atoms with Gasteiger partial charge in [-0.1, -0.05) is 54.6 Å². The summed E-state index contributed by atoms with van der Waals surface area (Å²) in [5, 5.41) is 13.8. The van der Waals surface area contributed by atoms with Crippen LogP contribution in [0.15, 0.2) is 78.9 Å². The molecule has 0 spiro atoms. The zero-order chi connectivity index (χ0) is 19.1. The number of carbonyl (C=O) groups excluding carboxylic acids is 1. The monoisotopic (exact) mass is 362 g/mol. The molecule has 3 aromatic carbocycles. The molecule has 6 heteroatoms. The van der Waals surface area contributed by atoms with E-state index in [4.69, 9.17) is 4.74 Å². The first-order valence-electron chi connectivity index (χ1n) is 8.41. The fourth-order valence-electron chi connectivity index (χ4n) is 2.65. The number of ether oxygens (including phenoxy) is 1. The normalized spacial score (nSPS) is 10.2. The van der Waals surface area contributed by atoms with Crippen molar-refractivity contribution in [1.82, 2.24) is 5.32 Å². The maximum Gasteiger partial charge on any atom is 0.274 e. The van der Waals surface area contributed by atoms with E-state index in [-0.39, 0.29) is 24.7 Å². The van der Waals surface area contributed by atoms with Crippen LogP contribution in [0.1, 0.15) is 21.5 Å². The van der Waals surface area contributed by atoms with E-state index in [1.54, 1.807) is 30.3 Å². The third kappa shape index (κ3) is 4.70. The van der Waals surface area contributed by atoms with Gasteiger partial charge in [-0.2, -0.15) is 0 Å². The summed E-state index contributed by atoms with van der Waals surface area (Å²) in [6.07, 6.45) is 0. The maximum absolute atomic E-state index is 12.6. The first kappa shape index (κ1) is 18.1. The van der Waals surface area contributed by atoms with Gasteiger partial charge in [0.25, 0.3) is 11.6 Å². The quantitative estimate of drug-likeness (QED) is 0.507. The Morgan fingerprint density at radius 3 is 2.26 bits per heavy atom. The van der Waals surface area contributed by atoms with Crippen molar-refractivity contribution in [3.8, 4) is 5.75 Å². The lowest BCUT2D eigenvalue weighted by atomic mass is 10.1. The van der Waals surface area contributed by atoms with Crippen LogP contribution in [0.3, 0.4) is 0 Å². The summed E-state index contributed by atoms with van der Waals surface area (Å²) in [5.41, 5.74) is 1.65. The lowest BCUT2D eigenvalue weighted by molar-refractivity contribution is -0.385. The lowest BCUT2D eigenvalue weighted by Gasteiger charge is -2.11. The van der Waals surface area contributed by atoms with Crippen molar-refractivity contribution in [1.29, 1.82) is 0 Å². The van der Waals surface area contributed by atoms with Gasteiger partial charge >= 0.3 is 0 Å². The Kier molecular flexibility index (Phi) is 5.79. The van der Waals surface area contributed by atoms with Crippen LogP contribution in [-0.2, 0) is 13.2 Å². The second-order valence-corrected chi connectivity index (χ2v) is 5.83. The molecule has 0 unspecified atom stereocenters. The topological polar surface area (TPSA) is 81.5 Å². The van der Waals surface area contributed by atoms with Crippen molar-refractivity contribution in [3.05, 3.63) is 106 Å². The summed E-state index contributed by atoms with van der Waals surface area (Å²) < 4.78 is 5.73. The molecular weight excluding hydrogens is 344 g/mol. The minimum atomic E-state index is -0.455. The number of nitrogens with zero attached hydrogens (tertiary/aromatic N) is 1. The van der Waals surface area contributed by atoms with Gasteiger partial charge in [0.2, 0.25) is 0 Å². The van der Waals surface area contributed by atoms with Gasteiger partial charge in [-0.05, 0) is 18.2 Å². The number of hydrogen-bond acceptors (Lipinski definition) is 4. The number of nitrogens with one attached hydrogen (secondary N) is 1. The van der Waals surface area contributed by atoms with Gasteiger partial charge in [-0.15, -0.1) is 0 Å². The molecule has 0 saturated carbocycles. The van der Waals surface area contributed by atoms with Crippen LogP contribution in [-0.4, -0.2) is 10.8 Å². The molecule has 3 aromatic rings. The summed E-state index contributed by atoms with van der Waals surface area (Å²) in [5.74, 6) is 0.410. The molecule has 3 rings (SSSR count). The van der Waals surface area contributed by atoms with E-state index < -0.39 is 4.92 Å². The smallest absolute Gasteiger partial charge is 0.274 e. The number of nitro benzene ring substituents is 1. The van der Waals surface area contributed by atoms with E-state index in [9.17, 15) is 14.9 Å². The van der Waals surface area contributed by atoms with Crippen molar-refractivity contribution < 1.29 is 14.5 Å². The highest BCUT2D eigenvalue weighted by Gasteiger charge is 2.15. The fourth-order valence-corrected chi connectivity index (χ4v) is 2.65. The average molecular weight is 362 g/mol. The molecule has 27 heavy (non-hydrogen) atoms. The molecule has 0 fully saturated rings. The number of para-hydroxylation sites is 2. The molecule has 136 valence electrons. The highest BCUT2D eigenvalue weighted by Crippen LogP contribution is 2.18. The summed E-state index contributed by atoms with van der Waals surface area (Å²) >= 11 is 0. The molecule has 1 N–H and O–H groups in total. The molecule has 1 amide bonds. The minimum Gasteiger partial charge on any atom is -0.489 e. The van der Waals surface area contributed by atoms with Crippen molar-refractivity contribution in [3.63, 3.8) is 0 Å². The predicted octanol–water partition coefficient (Wildman–Crippen LogP) is 4.10. The number of carbonyl (C=O) groups is 1. The molecule has 0 aliphatic heterocycles. The van der Waals surface area contributed by atoms with E-state index in [1.165, 1.54) is 6.07 Å². The average Bonchev–Trinajstić information content (AvgIpc) is 2.71. The van der Waals surface area contributed by atoms with Crippen LogP contribution in [0.5, 0.6) is 5.75 Å². The number of amides is 1. The maximum atomic E-state index is 12.6. The number of nitro groups is 1. The summed E-state index contributed by atoms with van der Waals surface area (Å²) in [4.78, 5) is 23.2. The van der Waals surface area contributed by atoms with Crippen molar-refractivity contribution in [2.75, 3.05) is 0 Å². The highest BCUT2D eigenvalue weighted by atomic mass is 16.6. The Labute approximate surface area is 156 Å². The third-order valence-corrected chi connectivity index (χ3v) is 4.03. The van der Waals surface area contributed by atoms with Gasteiger partial charge in [0.15, 0.2) is 0 Å². The lowest BCUT2D eigenvalue weighted by Crippen LogP contribution is -2.24. The van der Waals surface area contributed by atoms with Crippen molar-refractivity contribution >= 4 is 11.6 Å². The van der Waals surface area contributed by atoms with Gasteiger partial charge in [0, 0.05) is 29.3 Å². The number of benzene rings is 3.